The number of fused-ring (bicyclic) bond motifs is 3. The highest BCUT2D eigenvalue weighted by Gasteiger charge is 2.56. The van der Waals surface area contributed by atoms with Gasteiger partial charge in [0.1, 0.15) is 0 Å². The molecule has 2 aromatic rings. The smallest absolute Gasteiger partial charge is 0.238 e. The first-order chi connectivity index (χ1) is 18.6. The summed E-state index contributed by atoms with van der Waals surface area (Å²) >= 11 is 8.52. The lowest BCUT2D eigenvalue weighted by atomic mass is 9.59. The number of hydrogen-bond acceptors (Lipinski definition) is 6. The molecule has 4 unspecified atom stereocenters. The molecule has 1 fully saturated rings. The second-order valence-electron chi connectivity index (χ2n) is 10.3. The molecule has 0 spiro atoms. The molecular weight excluding hydrogens is 633 g/mol. The SMILES string of the molecule is COc1cc(C2C3=CCC4C(=O)N(c5ccc(I)cc5)C(=O)C4C3CC3=C2C(=O)C(C)=CC3=O)cc(Cl)c1O. The number of carbonyl (C=O) groups excluding carboxylic acids is 4. The van der Waals surface area contributed by atoms with Crippen molar-refractivity contribution in [3.63, 3.8) is 0 Å². The van der Waals surface area contributed by atoms with Gasteiger partial charge in [0, 0.05) is 26.2 Å². The monoisotopic (exact) mass is 655 g/mol. The number of ether oxygens (including phenoxy) is 1. The topological polar surface area (TPSA) is 101 Å². The molecule has 0 aromatic heterocycles. The van der Waals surface area contributed by atoms with Crippen LogP contribution in [0, 0.1) is 21.3 Å². The largest absolute Gasteiger partial charge is 0.503 e. The maximum atomic E-state index is 13.9. The van der Waals surface area contributed by atoms with E-state index in [1.165, 1.54) is 18.1 Å². The molecule has 1 N–H and O–H groups in total. The number of aromatic hydroxyl groups is 1. The van der Waals surface area contributed by atoms with Crippen LogP contribution in [0.4, 0.5) is 5.69 Å². The number of hydrogen-bond donors (Lipinski definition) is 1. The molecule has 1 saturated heterocycles. The molecule has 3 aliphatic carbocycles. The third-order valence-electron chi connectivity index (χ3n) is 8.25. The Bertz CT molecular complexity index is 1590. The van der Waals surface area contributed by atoms with E-state index < -0.39 is 23.7 Å². The van der Waals surface area contributed by atoms with Crippen LogP contribution < -0.4 is 9.64 Å². The van der Waals surface area contributed by atoms with E-state index in [1.54, 1.807) is 31.2 Å². The predicted molar refractivity (Wildman–Crippen MR) is 153 cm³/mol. The van der Waals surface area contributed by atoms with Gasteiger partial charge in [-0.3, -0.25) is 24.1 Å². The van der Waals surface area contributed by atoms with E-state index >= 15 is 0 Å². The van der Waals surface area contributed by atoms with Gasteiger partial charge in [-0.15, -0.1) is 0 Å². The van der Waals surface area contributed by atoms with Gasteiger partial charge in [0.25, 0.3) is 0 Å². The maximum absolute atomic E-state index is 13.9. The summed E-state index contributed by atoms with van der Waals surface area (Å²) in [5.74, 6) is -3.52. The molecule has 4 atom stereocenters. The van der Waals surface area contributed by atoms with Crippen LogP contribution >= 0.6 is 34.2 Å². The zero-order valence-electron chi connectivity index (χ0n) is 21.0. The number of ketones is 2. The van der Waals surface area contributed by atoms with E-state index in [0.29, 0.717) is 34.4 Å². The first-order valence-corrected chi connectivity index (χ1v) is 14.0. The molecule has 2 amide bonds. The Kier molecular flexibility index (Phi) is 6.30. The molecule has 0 radical (unpaired) electrons. The Morgan fingerprint density at radius 1 is 1.05 bits per heavy atom. The Morgan fingerprint density at radius 2 is 1.77 bits per heavy atom. The number of Topliss-reactive ketones (excluding diaryl/α,β-unsaturated/α-hetero) is 1. The number of phenols is 1. The fraction of sp³-hybridized carbons (Fsp3) is 0.267. The number of methoxy groups -OCH3 is 1. The van der Waals surface area contributed by atoms with Crippen LogP contribution in [0.15, 0.2) is 70.8 Å². The van der Waals surface area contributed by atoms with Crippen LogP contribution in [0.3, 0.4) is 0 Å². The molecule has 7 nitrogen and oxygen atoms in total. The minimum absolute atomic E-state index is 0.0433. The zero-order valence-corrected chi connectivity index (χ0v) is 23.9. The van der Waals surface area contributed by atoms with Gasteiger partial charge in [-0.25, -0.2) is 0 Å². The lowest BCUT2D eigenvalue weighted by Crippen LogP contribution is -2.39. The van der Waals surface area contributed by atoms with Crippen molar-refractivity contribution < 1.29 is 29.0 Å². The third-order valence-corrected chi connectivity index (χ3v) is 9.26. The Morgan fingerprint density at radius 3 is 2.46 bits per heavy atom. The third kappa shape index (κ3) is 3.90. The summed E-state index contributed by atoms with van der Waals surface area (Å²) in [6.45, 7) is 1.61. The van der Waals surface area contributed by atoms with Crippen molar-refractivity contribution in [2.45, 2.75) is 25.7 Å². The second kappa shape index (κ2) is 9.45. The number of allylic oxidation sites excluding steroid dienone is 6. The molecule has 4 aliphatic rings. The van der Waals surface area contributed by atoms with Crippen molar-refractivity contribution >= 4 is 63.3 Å². The minimum Gasteiger partial charge on any atom is -0.503 e. The van der Waals surface area contributed by atoms with Crippen molar-refractivity contribution in [2.75, 3.05) is 12.0 Å². The van der Waals surface area contributed by atoms with Gasteiger partial charge in [-0.2, -0.15) is 0 Å². The highest BCUT2D eigenvalue weighted by atomic mass is 127. The van der Waals surface area contributed by atoms with Crippen molar-refractivity contribution in [3.8, 4) is 11.5 Å². The number of nitrogens with zero attached hydrogens (tertiary/aromatic N) is 1. The Balaban J connectivity index is 1.51. The van der Waals surface area contributed by atoms with Crippen LogP contribution in [0.1, 0.15) is 31.2 Å². The first-order valence-electron chi connectivity index (χ1n) is 12.5. The van der Waals surface area contributed by atoms with Gasteiger partial charge >= 0.3 is 0 Å². The lowest BCUT2D eigenvalue weighted by Gasteiger charge is -2.42. The molecule has 198 valence electrons. The van der Waals surface area contributed by atoms with E-state index in [0.717, 1.165) is 9.14 Å². The number of imide groups is 1. The predicted octanol–water partition coefficient (Wildman–Crippen LogP) is 5.29. The lowest BCUT2D eigenvalue weighted by molar-refractivity contribution is -0.123. The highest BCUT2D eigenvalue weighted by Crippen LogP contribution is 2.56. The van der Waals surface area contributed by atoms with Crippen molar-refractivity contribution in [1.82, 2.24) is 0 Å². The van der Waals surface area contributed by atoms with Gasteiger partial charge in [0.15, 0.2) is 23.1 Å². The van der Waals surface area contributed by atoms with Gasteiger partial charge in [0.2, 0.25) is 11.8 Å². The molecular formula is C30H23ClINO6. The average Bonchev–Trinajstić information content (AvgIpc) is 3.18. The fourth-order valence-electron chi connectivity index (χ4n) is 6.50. The Labute approximate surface area is 243 Å². The number of anilines is 1. The van der Waals surface area contributed by atoms with Crippen LogP contribution in [0.2, 0.25) is 5.02 Å². The van der Waals surface area contributed by atoms with Gasteiger partial charge in [0.05, 0.1) is 29.7 Å². The van der Waals surface area contributed by atoms with Crippen molar-refractivity contribution in [1.29, 1.82) is 0 Å². The molecule has 6 rings (SSSR count). The minimum atomic E-state index is -0.679. The number of rotatable bonds is 3. The molecule has 0 bridgehead atoms. The van der Waals surface area contributed by atoms with Crippen molar-refractivity contribution in [2.24, 2.45) is 17.8 Å². The number of amides is 2. The van der Waals surface area contributed by atoms with Crippen LogP contribution in [-0.2, 0) is 19.2 Å². The summed E-state index contributed by atoms with van der Waals surface area (Å²) in [6, 6.07) is 10.4. The summed E-state index contributed by atoms with van der Waals surface area (Å²) in [7, 11) is 1.40. The number of benzene rings is 2. The van der Waals surface area contributed by atoms with Gasteiger partial charge in [-0.1, -0.05) is 23.3 Å². The molecule has 2 aromatic carbocycles. The van der Waals surface area contributed by atoms with E-state index in [2.05, 4.69) is 22.6 Å². The fourth-order valence-corrected chi connectivity index (χ4v) is 7.08. The van der Waals surface area contributed by atoms with E-state index in [9.17, 15) is 24.3 Å². The highest BCUT2D eigenvalue weighted by molar-refractivity contribution is 14.1. The summed E-state index contributed by atoms with van der Waals surface area (Å²) in [5, 5.41) is 10.4. The molecule has 0 saturated carbocycles. The Hall–Kier alpha value is -3.24. The van der Waals surface area contributed by atoms with E-state index in [1.807, 2.05) is 18.2 Å². The van der Waals surface area contributed by atoms with Crippen LogP contribution in [0.25, 0.3) is 0 Å². The zero-order chi connectivity index (χ0) is 27.7. The summed E-state index contributed by atoms with van der Waals surface area (Å²) in [6.07, 6.45) is 3.81. The quantitative estimate of drug-likeness (QED) is 0.209. The van der Waals surface area contributed by atoms with E-state index in [-0.39, 0.29) is 46.3 Å². The van der Waals surface area contributed by atoms with Crippen LogP contribution in [0.5, 0.6) is 11.5 Å². The maximum Gasteiger partial charge on any atom is 0.238 e. The summed E-state index contributed by atoms with van der Waals surface area (Å²) in [4.78, 5) is 55.5. The molecule has 39 heavy (non-hydrogen) atoms. The first kappa shape index (κ1) is 26.0. The average molecular weight is 656 g/mol. The van der Waals surface area contributed by atoms with Gasteiger partial charge < -0.3 is 9.84 Å². The number of carbonyl (C=O) groups is 4. The summed E-state index contributed by atoms with van der Waals surface area (Å²) < 4.78 is 6.32. The number of phenolic OH excluding ortho intramolecular Hbond substituents is 1. The second-order valence-corrected chi connectivity index (χ2v) is 11.9. The summed E-state index contributed by atoms with van der Waals surface area (Å²) in [5.41, 5.74) is 2.95. The van der Waals surface area contributed by atoms with Crippen LogP contribution in [-0.4, -0.2) is 35.6 Å². The standard InChI is InChI=1S/C30H23ClINO6/c1-13-9-22(34)20-12-19-17(24(26(20)27(13)35)14-10-21(31)28(36)23(11-14)39-2)7-8-18-25(19)30(38)33(29(18)37)16-5-3-15(32)4-6-16/h3-7,9-11,18-19,24-25,36H,8,12H2,1-2H3. The molecule has 1 heterocycles. The van der Waals surface area contributed by atoms with Gasteiger partial charge in [-0.05, 0) is 96.3 Å². The molecule has 1 aliphatic heterocycles. The van der Waals surface area contributed by atoms with Crippen molar-refractivity contribution in [3.05, 3.63) is 85.0 Å². The normalized spacial score (nSPS) is 26.2. The molecule has 9 heteroatoms. The van der Waals surface area contributed by atoms with E-state index in [4.69, 9.17) is 16.3 Å². The number of halogens is 2.